The number of hydrogen-bond acceptors (Lipinski definition) is 3. The molecule has 3 heteroatoms. The van der Waals surface area contributed by atoms with Crippen molar-refractivity contribution in [1.82, 2.24) is 0 Å². The van der Waals surface area contributed by atoms with Crippen molar-refractivity contribution >= 4 is 11.7 Å². The molecule has 3 nitrogen and oxygen atoms in total. The minimum absolute atomic E-state index is 0.374. The fraction of sp³-hybridized carbons (Fsp3) is 0.118. The highest BCUT2D eigenvalue weighted by molar-refractivity contribution is 5.96. The average Bonchev–Trinajstić information content (AvgIpc) is 2.47. The van der Waals surface area contributed by atoms with Gasteiger partial charge >= 0.3 is 5.97 Å². The van der Waals surface area contributed by atoms with Crippen molar-refractivity contribution in [1.29, 1.82) is 0 Å². The minimum atomic E-state index is -0.374. The smallest absolute Gasteiger partial charge is 0.345 e. The molecule has 1 N–H and O–H groups in total. The van der Waals surface area contributed by atoms with Gasteiger partial charge in [-0.15, -0.1) is 6.58 Å². The molecular weight excluding hydrogens is 250 g/mol. The summed E-state index contributed by atoms with van der Waals surface area (Å²) in [5.41, 5.74) is 2.37. The van der Waals surface area contributed by atoms with Gasteiger partial charge < -0.3 is 10.1 Å². The lowest BCUT2D eigenvalue weighted by Gasteiger charge is -2.10. The van der Waals surface area contributed by atoms with Gasteiger partial charge in [-0.2, -0.15) is 0 Å². The molecule has 0 heterocycles. The van der Waals surface area contributed by atoms with Crippen LogP contribution in [-0.2, 0) is 0 Å². The molecule has 0 aliphatic carbocycles. The van der Waals surface area contributed by atoms with E-state index in [2.05, 4.69) is 11.9 Å². The predicted molar refractivity (Wildman–Crippen MR) is 81.3 cm³/mol. The van der Waals surface area contributed by atoms with Gasteiger partial charge in [0.1, 0.15) is 5.75 Å². The fourth-order valence-electron chi connectivity index (χ4n) is 1.77. The topological polar surface area (TPSA) is 38.3 Å². The van der Waals surface area contributed by atoms with Crippen LogP contribution in [-0.4, -0.2) is 12.5 Å². The normalized spacial score (nSPS) is 9.85. The molecule has 0 fully saturated rings. The summed E-state index contributed by atoms with van der Waals surface area (Å²) in [6, 6.07) is 14.6. The van der Waals surface area contributed by atoms with Crippen molar-refractivity contribution < 1.29 is 9.53 Å². The Morgan fingerprint density at radius 1 is 1.20 bits per heavy atom. The quantitative estimate of drug-likeness (QED) is 0.508. The molecule has 0 amide bonds. The van der Waals surface area contributed by atoms with Crippen molar-refractivity contribution in [3.63, 3.8) is 0 Å². The summed E-state index contributed by atoms with van der Waals surface area (Å²) in [6.45, 7) is 6.23. The first-order valence-electron chi connectivity index (χ1n) is 6.43. The Morgan fingerprint density at radius 2 is 1.90 bits per heavy atom. The lowest BCUT2D eigenvalue weighted by molar-refractivity contribution is 0.0735. The Labute approximate surface area is 118 Å². The first-order valence-corrected chi connectivity index (χ1v) is 6.43. The molecule has 2 aromatic rings. The Morgan fingerprint density at radius 3 is 2.60 bits per heavy atom. The third kappa shape index (κ3) is 3.48. The zero-order valence-electron chi connectivity index (χ0n) is 11.4. The fourth-order valence-corrected chi connectivity index (χ4v) is 1.77. The summed E-state index contributed by atoms with van der Waals surface area (Å²) in [4.78, 5) is 12.2. The highest BCUT2D eigenvalue weighted by Gasteiger charge is 2.12. The number of ether oxygens (including phenoxy) is 1. The van der Waals surface area contributed by atoms with E-state index in [0.29, 0.717) is 17.9 Å². The average molecular weight is 267 g/mol. The molecular formula is C17H17NO2. The number of rotatable bonds is 5. The van der Waals surface area contributed by atoms with Crippen LogP contribution in [0.4, 0.5) is 5.69 Å². The maximum absolute atomic E-state index is 12.2. The van der Waals surface area contributed by atoms with E-state index in [9.17, 15) is 4.79 Å². The third-order valence-corrected chi connectivity index (χ3v) is 2.82. The molecule has 0 aromatic heterocycles. The minimum Gasteiger partial charge on any atom is -0.423 e. The van der Waals surface area contributed by atoms with Crippen molar-refractivity contribution in [3.05, 3.63) is 72.3 Å². The Kier molecular flexibility index (Phi) is 4.56. The molecule has 0 aliphatic rings. The van der Waals surface area contributed by atoms with Gasteiger partial charge in [0.25, 0.3) is 0 Å². The van der Waals surface area contributed by atoms with Gasteiger partial charge in [-0.25, -0.2) is 4.79 Å². The van der Waals surface area contributed by atoms with Gasteiger partial charge in [0.2, 0.25) is 0 Å². The van der Waals surface area contributed by atoms with Crippen molar-refractivity contribution in [2.45, 2.75) is 6.92 Å². The van der Waals surface area contributed by atoms with Crippen LogP contribution in [0.3, 0.4) is 0 Å². The number of hydrogen-bond donors (Lipinski definition) is 1. The predicted octanol–water partition coefficient (Wildman–Crippen LogP) is 3.81. The van der Waals surface area contributed by atoms with E-state index in [1.165, 1.54) is 0 Å². The number of carbonyl (C=O) groups is 1. The van der Waals surface area contributed by atoms with E-state index in [4.69, 9.17) is 4.74 Å². The standard InChI is InChI=1S/C17H17NO2/c1-3-12-18-16-7-5-4-6-15(16)17(19)20-14-10-8-13(2)9-11-14/h3-11,18H,1,12H2,2H3. The van der Waals surface area contributed by atoms with Gasteiger partial charge in [0.15, 0.2) is 0 Å². The van der Waals surface area contributed by atoms with E-state index in [1.807, 2.05) is 37.3 Å². The third-order valence-electron chi connectivity index (χ3n) is 2.82. The van der Waals surface area contributed by atoms with Crippen LogP contribution in [0.1, 0.15) is 15.9 Å². The van der Waals surface area contributed by atoms with Crippen LogP contribution in [0, 0.1) is 6.92 Å². The number of aryl methyl sites for hydroxylation is 1. The summed E-state index contributed by atoms with van der Waals surface area (Å²) in [5, 5.41) is 3.12. The summed E-state index contributed by atoms with van der Waals surface area (Å²) >= 11 is 0. The van der Waals surface area contributed by atoms with E-state index >= 15 is 0 Å². The van der Waals surface area contributed by atoms with Crippen molar-refractivity contribution in [2.24, 2.45) is 0 Å². The number of esters is 1. The molecule has 0 aliphatic heterocycles. The van der Waals surface area contributed by atoms with Crippen molar-refractivity contribution in [3.8, 4) is 5.75 Å². The lowest BCUT2D eigenvalue weighted by atomic mass is 10.1. The van der Waals surface area contributed by atoms with Gasteiger partial charge in [0.05, 0.1) is 5.56 Å². The van der Waals surface area contributed by atoms with Gasteiger partial charge in [-0.05, 0) is 31.2 Å². The molecule has 2 aromatic carbocycles. The highest BCUT2D eigenvalue weighted by Crippen LogP contribution is 2.19. The molecule has 0 bridgehead atoms. The lowest BCUT2D eigenvalue weighted by Crippen LogP contribution is -2.12. The first-order chi connectivity index (χ1) is 9.70. The Hall–Kier alpha value is -2.55. The Balaban J connectivity index is 2.16. The van der Waals surface area contributed by atoms with Gasteiger partial charge in [-0.1, -0.05) is 35.9 Å². The SMILES string of the molecule is C=CCNc1ccccc1C(=O)Oc1ccc(C)cc1. The molecule has 102 valence electrons. The maximum atomic E-state index is 12.2. The second-order valence-corrected chi connectivity index (χ2v) is 4.42. The molecule has 20 heavy (non-hydrogen) atoms. The van der Waals surface area contributed by atoms with Gasteiger partial charge in [-0.3, -0.25) is 0 Å². The molecule has 0 atom stereocenters. The van der Waals surface area contributed by atoms with Crippen LogP contribution in [0.15, 0.2) is 61.2 Å². The summed E-state index contributed by atoms with van der Waals surface area (Å²) < 4.78 is 5.37. The number of carbonyl (C=O) groups excluding carboxylic acids is 1. The maximum Gasteiger partial charge on any atom is 0.345 e. The number of benzene rings is 2. The first kappa shape index (κ1) is 13.9. The zero-order valence-corrected chi connectivity index (χ0v) is 11.4. The number of nitrogens with one attached hydrogen (secondary N) is 1. The van der Waals surface area contributed by atoms with Crippen LogP contribution in [0.25, 0.3) is 0 Å². The highest BCUT2D eigenvalue weighted by atomic mass is 16.5. The molecule has 0 unspecified atom stereocenters. The molecule has 0 saturated carbocycles. The number of para-hydroxylation sites is 1. The molecule has 0 saturated heterocycles. The zero-order chi connectivity index (χ0) is 14.4. The summed E-state index contributed by atoms with van der Waals surface area (Å²) in [6.07, 6.45) is 1.74. The van der Waals surface area contributed by atoms with Crippen LogP contribution >= 0.6 is 0 Å². The number of anilines is 1. The van der Waals surface area contributed by atoms with E-state index < -0.39 is 0 Å². The monoisotopic (exact) mass is 267 g/mol. The van der Waals surface area contributed by atoms with E-state index in [1.54, 1.807) is 24.3 Å². The largest absolute Gasteiger partial charge is 0.423 e. The van der Waals surface area contributed by atoms with E-state index in [0.717, 1.165) is 11.3 Å². The van der Waals surface area contributed by atoms with Gasteiger partial charge in [0, 0.05) is 12.2 Å². The van der Waals surface area contributed by atoms with Crippen LogP contribution < -0.4 is 10.1 Å². The van der Waals surface area contributed by atoms with Crippen LogP contribution in [0.2, 0.25) is 0 Å². The van der Waals surface area contributed by atoms with Crippen molar-refractivity contribution in [2.75, 3.05) is 11.9 Å². The van der Waals surface area contributed by atoms with E-state index in [-0.39, 0.29) is 5.97 Å². The second-order valence-electron chi connectivity index (χ2n) is 4.42. The Bertz CT molecular complexity index is 603. The summed E-state index contributed by atoms with van der Waals surface area (Å²) in [7, 11) is 0. The van der Waals surface area contributed by atoms with Crippen LogP contribution in [0.5, 0.6) is 5.75 Å². The molecule has 0 spiro atoms. The molecule has 2 rings (SSSR count). The summed E-state index contributed by atoms with van der Waals surface area (Å²) in [5.74, 6) is 0.167. The second kappa shape index (κ2) is 6.57. The molecule has 0 radical (unpaired) electrons.